The Morgan fingerprint density at radius 1 is 1.18 bits per heavy atom. The molecule has 2 aromatic carbocycles. The van der Waals surface area contributed by atoms with E-state index in [1.54, 1.807) is 12.0 Å². The van der Waals surface area contributed by atoms with Gasteiger partial charge >= 0.3 is 5.88 Å². The van der Waals surface area contributed by atoms with E-state index >= 15 is 0 Å². The molecule has 176 valence electrons. The van der Waals surface area contributed by atoms with Gasteiger partial charge in [0.05, 0.1) is 13.2 Å². The van der Waals surface area contributed by atoms with Crippen molar-refractivity contribution in [3.8, 4) is 5.75 Å². The number of nitro groups is 1. The minimum atomic E-state index is -0.642. The lowest BCUT2D eigenvalue weighted by Crippen LogP contribution is -2.45. The Labute approximate surface area is 201 Å². The highest BCUT2D eigenvalue weighted by Gasteiger charge is 2.47. The molecule has 5 rings (SSSR count). The maximum Gasteiger partial charge on any atom is 0.433 e. The molecule has 3 aromatic rings. The third-order valence-corrected chi connectivity index (χ3v) is 7.10. The van der Waals surface area contributed by atoms with Gasteiger partial charge in [-0.3, -0.25) is 19.8 Å². The first-order chi connectivity index (χ1) is 16.4. The highest BCUT2D eigenvalue weighted by atomic mass is 35.5. The van der Waals surface area contributed by atoms with E-state index in [2.05, 4.69) is 11.0 Å². The minimum Gasteiger partial charge on any atom is -0.497 e. The van der Waals surface area contributed by atoms with Gasteiger partial charge in [-0.2, -0.15) is 0 Å². The highest BCUT2D eigenvalue weighted by molar-refractivity contribution is 6.30. The van der Waals surface area contributed by atoms with Crippen LogP contribution in [0.4, 0.5) is 11.6 Å². The third kappa shape index (κ3) is 4.03. The first-order valence-electron chi connectivity index (χ1n) is 11.1. The number of hydrogen-bond donors (Lipinski definition) is 0. The van der Waals surface area contributed by atoms with E-state index < -0.39 is 10.8 Å². The van der Waals surface area contributed by atoms with Crippen molar-refractivity contribution in [1.82, 2.24) is 4.90 Å². The van der Waals surface area contributed by atoms with Gasteiger partial charge in [-0.05, 0) is 73.5 Å². The quantitative estimate of drug-likeness (QED) is 0.374. The van der Waals surface area contributed by atoms with Crippen LogP contribution in [0.5, 0.6) is 5.75 Å². The Balaban J connectivity index is 1.40. The number of methoxy groups -OCH3 is 1. The Kier molecular flexibility index (Phi) is 5.79. The monoisotopic (exact) mass is 481 g/mol. The number of piperidine rings is 1. The van der Waals surface area contributed by atoms with Gasteiger partial charge in [0.1, 0.15) is 10.7 Å². The van der Waals surface area contributed by atoms with E-state index in [4.69, 9.17) is 20.8 Å². The lowest BCUT2D eigenvalue weighted by Gasteiger charge is -2.40. The SMILES string of the molecule is COc1ccc2c(c1)C1(CCN(Cc3cccc(Cl)c3)CC1)CN2C(=O)c1ccc([N+](=O)[O-])o1. The molecule has 0 bridgehead atoms. The minimum absolute atomic E-state index is 0.0380. The molecular weight excluding hydrogens is 458 g/mol. The second-order valence-electron chi connectivity index (χ2n) is 8.86. The molecule has 0 radical (unpaired) electrons. The number of likely N-dealkylation sites (tertiary alicyclic amines) is 1. The molecule has 2 aliphatic heterocycles. The molecule has 34 heavy (non-hydrogen) atoms. The fourth-order valence-electron chi connectivity index (χ4n) is 5.09. The standard InChI is InChI=1S/C25H24ClN3O5/c1-33-19-5-6-21-20(14-19)25(16-28(21)24(30)22-7-8-23(34-22)29(31)32)9-11-27(12-10-25)15-17-3-2-4-18(26)13-17/h2-8,13-14H,9-12,15-16H2,1H3. The van der Waals surface area contributed by atoms with Gasteiger partial charge in [-0.15, -0.1) is 0 Å². The van der Waals surface area contributed by atoms with Crippen molar-refractivity contribution < 1.29 is 18.9 Å². The zero-order chi connectivity index (χ0) is 23.9. The number of anilines is 1. The van der Waals surface area contributed by atoms with E-state index in [0.29, 0.717) is 6.54 Å². The first-order valence-corrected chi connectivity index (χ1v) is 11.5. The van der Waals surface area contributed by atoms with Crippen LogP contribution in [0.3, 0.4) is 0 Å². The topological polar surface area (TPSA) is 89.1 Å². The van der Waals surface area contributed by atoms with Crippen LogP contribution in [-0.2, 0) is 12.0 Å². The van der Waals surface area contributed by atoms with Gasteiger partial charge in [0.15, 0.2) is 5.76 Å². The van der Waals surface area contributed by atoms with Crippen molar-refractivity contribution in [1.29, 1.82) is 0 Å². The summed E-state index contributed by atoms with van der Waals surface area (Å²) in [6.07, 6.45) is 1.74. The number of hydrogen-bond acceptors (Lipinski definition) is 6. The normalized spacial score (nSPS) is 17.1. The van der Waals surface area contributed by atoms with Crippen molar-refractivity contribution in [3.63, 3.8) is 0 Å². The van der Waals surface area contributed by atoms with Crippen LogP contribution >= 0.6 is 11.6 Å². The van der Waals surface area contributed by atoms with E-state index in [1.165, 1.54) is 17.7 Å². The van der Waals surface area contributed by atoms with Crippen LogP contribution in [0, 0.1) is 10.1 Å². The molecule has 9 heteroatoms. The van der Waals surface area contributed by atoms with Crippen LogP contribution < -0.4 is 9.64 Å². The van der Waals surface area contributed by atoms with Crippen molar-refractivity contribution in [3.05, 3.63) is 86.6 Å². The molecule has 0 N–H and O–H groups in total. The molecule has 2 aliphatic rings. The average Bonchev–Trinajstić information content (AvgIpc) is 3.45. The number of carbonyl (C=O) groups is 1. The van der Waals surface area contributed by atoms with Crippen molar-refractivity contribution in [2.45, 2.75) is 24.8 Å². The molecule has 8 nitrogen and oxygen atoms in total. The summed E-state index contributed by atoms with van der Waals surface area (Å²) in [6.45, 7) is 3.06. The van der Waals surface area contributed by atoms with Gasteiger partial charge in [-0.25, -0.2) is 0 Å². The second kappa shape index (κ2) is 8.77. The number of nitrogens with zero attached hydrogens (tertiary/aromatic N) is 3. The number of rotatable bonds is 5. The number of furan rings is 1. The van der Waals surface area contributed by atoms with Gasteiger partial charge in [0, 0.05) is 29.2 Å². The van der Waals surface area contributed by atoms with Crippen LogP contribution in [-0.4, -0.2) is 42.5 Å². The summed E-state index contributed by atoms with van der Waals surface area (Å²) in [6, 6.07) is 16.2. The number of carbonyl (C=O) groups excluding carboxylic acids is 1. The van der Waals surface area contributed by atoms with Gasteiger partial charge in [0.25, 0.3) is 5.91 Å². The first kappa shape index (κ1) is 22.4. The summed E-state index contributed by atoms with van der Waals surface area (Å²) in [5, 5.41) is 11.7. The second-order valence-corrected chi connectivity index (χ2v) is 9.29. The van der Waals surface area contributed by atoms with Crippen molar-refractivity contribution >= 4 is 29.1 Å². The maximum atomic E-state index is 13.3. The predicted molar refractivity (Wildman–Crippen MR) is 128 cm³/mol. The Hall–Kier alpha value is -3.36. The molecule has 1 spiro atoms. The molecule has 0 unspecified atom stereocenters. The summed E-state index contributed by atoms with van der Waals surface area (Å²) < 4.78 is 10.7. The number of ether oxygens (including phenoxy) is 1. The zero-order valence-corrected chi connectivity index (χ0v) is 19.5. The molecule has 0 atom stereocenters. The highest BCUT2D eigenvalue weighted by Crippen LogP contribution is 2.49. The number of fused-ring (bicyclic) bond motifs is 2. The Bertz CT molecular complexity index is 1250. The van der Waals surface area contributed by atoms with Crippen LogP contribution in [0.25, 0.3) is 0 Å². The molecular formula is C25H24ClN3O5. The summed E-state index contributed by atoms with van der Waals surface area (Å²) in [7, 11) is 1.63. The lowest BCUT2D eigenvalue weighted by molar-refractivity contribution is -0.402. The molecule has 0 saturated carbocycles. The van der Waals surface area contributed by atoms with E-state index in [9.17, 15) is 14.9 Å². The molecule has 0 aliphatic carbocycles. The zero-order valence-electron chi connectivity index (χ0n) is 18.7. The van der Waals surface area contributed by atoms with Crippen LogP contribution in [0.1, 0.15) is 34.5 Å². The van der Waals surface area contributed by atoms with Gasteiger partial charge < -0.3 is 14.1 Å². The lowest BCUT2D eigenvalue weighted by atomic mass is 9.74. The Morgan fingerprint density at radius 2 is 1.97 bits per heavy atom. The molecule has 1 aromatic heterocycles. The van der Waals surface area contributed by atoms with E-state index in [0.717, 1.165) is 54.5 Å². The Morgan fingerprint density at radius 3 is 2.65 bits per heavy atom. The summed E-state index contributed by atoms with van der Waals surface area (Å²) in [5.74, 6) is -0.120. The fourth-order valence-corrected chi connectivity index (χ4v) is 5.30. The number of amides is 1. The maximum absolute atomic E-state index is 13.3. The summed E-state index contributed by atoms with van der Waals surface area (Å²) >= 11 is 6.15. The third-order valence-electron chi connectivity index (χ3n) is 6.86. The van der Waals surface area contributed by atoms with Crippen molar-refractivity contribution in [2.75, 3.05) is 31.6 Å². The number of halogens is 1. The smallest absolute Gasteiger partial charge is 0.433 e. The fraction of sp³-hybridized carbons (Fsp3) is 0.320. The molecule has 1 amide bonds. The summed E-state index contributed by atoms with van der Waals surface area (Å²) in [5.41, 5.74) is 2.83. The van der Waals surface area contributed by atoms with Gasteiger partial charge in [0.2, 0.25) is 0 Å². The predicted octanol–water partition coefficient (Wildman–Crippen LogP) is 5.04. The molecule has 3 heterocycles. The average molecular weight is 482 g/mol. The largest absolute Gasteiger partial charge is 0.497 e. The van der Waals surface area contributed by atoms with E-state index in [-0.39, 0.29) is 17.1 Å². The van der Waals surface area contributed by atoms with Crippen molar-refractivity contribution in [2.24, 2.45) is 0 Å². The molecule has 1 saturated heterocycles. The number of benzene rings is 2. The van der Waals surface area contributed by atoms with Crippen LogP contribution in [0.15, 0.2) is 59.0 Å². The van der Waals surface area contributed by atoms with Crippen LogP contribution in [0.2, 0.25) is 5.02 Å². The molecule has 1 fully saturated rings. The van der Waals surface area contributed by atoms with E-state index in [1.807, 2.05) is 36.4 Å². The van der Waals surface area contributed by atoms with Gasteiger partial charge in [-0.1, -0.05) is 23.7 Å². The summed E-state index contributed by atoms with van der Waals surface area (Å²) in [4.78, 5) is 27.8.